The largest absolute Gasteiger partial charge is 0.493 e. The van der Waals surface area contributed by atoms with Crippen LogP contribution in [0.3, 0.4) is 0 Å². The average Bonchev–Trinajstić information content (AvgIpc) is 3.45. The van der Waals surface area contributed by atoms with Gasteiger partial charge < -0.3 is 15.4 Å². The van der Waals surface area contributed by atoms with Crippen LogP contribution in [0.25, 0.3) is 0 Å². The van der Waals surface area contributed by atoms with Crippen LogP contribution in [0.2, 0.25) is 0 Å². The SMILES string of the molecule is Cc1ccc(C)c(OCCC(=O)Nc2ccc(NC(=O)C3CC3)cc2)c1. The van der Waals surface area contributed by atoms with Gasteiger partial charge in [-0.3, -0.25) is 9.59 Å². The highest BCUT2D eigenvalue weighted by Crippen LogP contribution is 2.30. The molecule has 2 N–H and O–H groups in total. The number of amides is 2. The lowest BCUT2D eigenvalue weighted by atomic mass is 10.1. The highest BCUT2D eigenvalue weighted by molar-refractivity contribution is 5.95. The third kappa shape index (κ3) is 5.09. The summed E-state index contributed by atoms with van der Waals surface area (Å²) in [5.74, 6) is 0.954. The highest BCUT2D eigenvalue weighted by Gasteiger charge is 2.29. The van der Waals surface area contributed by atoms with Crippen molar-refractivity contribution in [3.8, 4) is 5.75 Å². The zero-order chi connectivity index (χ0) is 18.5. The lowest BCUT2D eigenvalue weighted by Crippen LogP contribution is -2.16. The van der Waals surface area contributed by atoms with Crippen LogP contribution >= 0.6 is 0 Å². The predicted octanol–water partition coefficient (Wildman–Crippen LogP) is 4.06. The topological polar surface area (TPSA) is 67.4 Å². The Hall–Kier alpha value is -2.82. The lowest BCUT2D eigenvalue weighted by molar-refractivity contribution is -0.117. The number of nitrogens with one attached hydrogen (secondary N) is 2. The molecule has 0 unspecified atom stereocenters. The molecule has 1 fully saturated rings. The van der Waals surface area contributed by atoms with Gasteiger partial charge in [0.2, 0.25) is 11.8 Å². The van der Waals surface area contributed by atoms with E-state index in [0.717, 1.165) is 35.4 Å². The summed E-state index contributed by atoms with van der Waals surface area (Å²) >= 11 is 0. The van der Waals surface area contributed by atoms with E-state index in [1.54, 1.807) is 24.3 Å². The van der Waals surface area contributed by atoms with Crippen molar-refractivity contribution in [3.63, 3.8) is 0 Å². The third-order valence-electron chi connectivity index (χ3n) is 4.31. The Balaban J connectivity index is 1.44. The molecule has 136 valence electrons. The molecule has 5 heteroatoms. The maximum atomic E-state index is 12.1. The first-order valence-electron chi connectivity index (χ1n) is 8.92. The summed E-state index contributed by atoms with van der Waals surface area (Å²) in [5, 5.41) is 5.71. The second-order valence-electron chi connectivity index (χ2n) is 6.76. The highest BCUT2D eigenvalue weighted by atomic mass is 16.5. The summed E-state index contributed by atoms with van der Waals surface area (Å²) in [6.45, 7) is 4.32. The van der Waals surface area contributed by atoms with Crippen molar-refractivity contribution in [2.75, 3.05) is 17.2 Å². The van der Waals surface area contributed by atoms with E-state index in [4.69, 9.17) is 4.74 Å². The van der Waals surface area contributed by atoms with Gasteiger partial charge in [0.05, 0.1) is 13.0 Å². The molecule has 2 amide bonds. The van der Waals surface area contributed by atoms with Crippen molar-refractivity contribution in [1.82, 2.24) is 0 Å². The fourth-order valence-corrected chi connectivity index (χ4v) is 2.57. The Labute approximate surface area is 153 Å². The van der Waals surface area contributed by atoms with Crippen LogP contribution in [0.4, 0.5) is 11.4 Å². The number of carbonyl (C=O) groups is 2. The fraction of sp³-hybridized carbons (Fsp3) is 0.333. The van der Waals surface area contributed by atoms with Crippen LogP contribution in [0, 0.1) is 19.8 Å². The van der Waals surface area contributed by atoms with Crippen molar-refractivity contribution in [1.29, 1.82) is 0 Å². The molecular weight excluding hydrogens is 328 g/mol. The summed E-state index contributed by atoms with van der Waals surface area (Å²) < 4.78 is 5.71. The molecular formula is C21H24N2O3. The van der Waals surface area contributed by atoms with Gasteiger partial charge in [0, 0.05) is 17.3 Å². The van der Waals surface area contributed by atoms with E-state index in [9.17, 15) is 9.59 Å². The van der Waals surface area contributed by atoms with Crippen LogP contribution in [0.15, 0.2) is 42.5 Å². The molecule has 0 atom stereocenters. The van der Waals surface area contributed by atoms with E-state index in [2.05, 4.69) is 10.6 Å². The number of hydrogen-bond acceptors (Lipinski definition) is 3. The maximum Gasteiger partial charge on any atom is 0.227 e. The molecule has 3 rings (SSSR count). The van der Waals surface area contributed by atoms with Crippen molar-refractivity contribution >= 4 is 23.2 Å². The number of aryl methyl sites for hydroxylation is 2. The molecule has 0 aliphatic heterocycles. The summed E-state index contributed by atoms with van der Waals surface area (Å²) in [6.07, 6.45) is 2.22. The summed E-state index contributed by atoms with van der Waals surface area (Å²) in [7, 11) is 0. The second-order valence-corrected chi connectivity index (χ2v) is 6.76. The molecule has 1 saturated carbocycles. The Morgan fingerprint density at radius 2 is 1.65 bits per heavy atom. The quantitative estimate of drug-likeness (QED) is 0.790. The molecule has 26 heavy (non-hydrogen) atoms. The standard InChI is InChI=1S/C21H24N2O3/c1-14-3-4-15(2)19(13-14)26-12-11-20(24)22-17-7-9-18(10-8-17)23-21(25)16-5-6-16/h3-4,7-10,13,16H,5-6,11-12H2,1-2H3,(H,22,24)(H,23,25). The van der Waals surface area contributed by atoms with Gasteiger partial charge in [0.1, 0.15) is 5.75 Å². The van der Waals surface area contributed by atoms with Crippen LogP contribution in [0.5, 0.6) is 5.75 Å². The van der Waals surface area contributed by atoms with E-state index in [0.29, 0.717) is 12.3 Å². The van der Waals surface area contributed by atoms with Crippen LogP contribution in [-0.2, 0) is 9.59 Å². The smallest absolute Gasteiger partial charge is 0.227 e. The third-order valence-corrected chi connectivity index (χ3v) is 4.31. The van der Waals surface area contributed by atoms with E-state index in [-0.39, 0.29) is 24.2 Å². The molecule has 1 aliphatic carbocycles. The average molecular weight is 352 g/mol. The van der Waals surface area contributed by atoms with E-state index >= 15 is 0 Å². The molecule has 0 saturated heterocycles. The first-order chi connectivity index (χ1) is 12.5. The van der Waals surface area contributed by atoms with Gasteiger partial charge >= 0.3 is 0 Å². The monoisotopic (exact) mass is 352 g/mol. The van der Waals surface area contributed by atoms with Gasteiger partial charge in [-0.1, -0.05) is 12.1 Å². The molecule has 0 spiro atoms. The number of rotatable bonds is 7. The molecule has 0 aromatic heterocycles. The van der Waals surface area contributed by atoms with Gasteiger partial charge in [-0.15, -0.1) is 0 Å². The Morgan fingerprint density at radius 1 is 1.00 bits per heavy atom. The molecule has 5 nitrogen and oxygen atoms in total. The van der Waals surface area contributed by atoms with Gasteiger partial charge in [-0.05, 0) is 68.1 Å². The van der Waals surface area contributed by atoms with Crippen molar-refractivity contribution in [2.45, 2.75) is 33.1 Å². The lowest BCUT2D eigenvalue weighted by Gasteiger charge is -2.10. The second kappa shape index (κ2) is 8.04. The van der Waals surface area contributed by atoms with E-state index in [1.807, 2.05) is 32.0 Å². The number of hydrogen-bond donors (Lipinski definition) is 2. The first-order valence-corrected chi connectivity index (χ1v) is 8.92. The maximum absolute atomic E-state index is 12.1. The van der Waals surface area contributed by atoms with E-state index in [1.165, 1.54) is 0 Å². The molecule has 0 bridgehead atoms. The van der Waals surface area contributed by atoms with Gasteiger partial charge in [-0.2, -0.15) is 0 Å². The minimum absolute atomic E-state index is 0.0744. The van der Waals surface area contributed by atoms with Crippen LogP contribution in [-0.4, -0.2) is 18.4 Å². The number of anilines is 2. The molecule has 0 heterocycles. The summed E-state index contributed by atoms with van der Waals surface area (Å²) in [4.78, 5) is 23.8. The zero-order valence-electron chi connectivity index (χ0n) is 15.2. The van der Waals surface area contributed by atoms with Crippen LogP contribution in [0.1, 0.15) is 30.4 Å². The van der Waals surface area contributed by atoms with Gasteiger partial charge in [-0.25, -0.2) is 0 Å². The minimum atomic E-state index is -0.106. The summed E-state index contributed by atoms with van der Waals surface area (Å²) in [5.41, 5.74) is 3.63. The minimum Gasteiger partial charge on any atom is -0.493 e. The Morgan fingerprint density at radius 3 is 2.31 bits per heavy atom. The zero-order valence-corrected chi connectivity index (χ0v) is 15.2. The Bertz CT molecular complexity index is 795. The van der Waals surface area contributed by atoms with Crippen molar-refractivity contribution in [2.24, 2.45) is 5.92 Å². The number of ether oxygens (including phenoxy) is 1. The van der Waals surface area contributed by atoms with Gasteiger partial charge in [0.15, 0.2) is 0 Å². The van der Waals surface area contributed by atoms with Crippen molar-refractivity contribution in [3.05, 3.63) is 53.6 Å². The van der Waals surface area contributed by atoms with Crippen molar-refractivity contribution < 1.29 is 14.3 Å². The van der Waals surface area contributed by atoms with Gasteiger partial charge in [0.25, 0.3) is 0 Å². The Kier molecular flexibility index (Phi) is 5.56. The summed E-state index contributed by atoms with van der Waals surface area (Å²) in [6, 6.07) is 13.2. The number of benzene rings is 2. The fourth-order valence-electron chi connectivity index (χ4n) is 2.57. The molecule has 0 radical (unpaired) electrons. The van der Waals surface area contributed by atoms with E-state index < -0.39 is 0 Å². The normalized spacial score (nSPS) is 13.2. The first kappa shape index (κ1) is 18.0. The molecule has 2 aromatic carbocycles. The molecule has 1 aliphatic rings. The molecule has 2 aromatic rings. The predicted molar refractivity (Wildman–Crippen MR) is 102 cm³/mol. The van der Waals surface area contributed by atoms with Crippen LogP contribution < -0.4 is 15.4 Å². The number of carbonyl (C=O) groups excluding carboxylic acids is 2.